The number of piperazine rings is 1. The van der Waals surface area contributed by atoms with Crippen molar-refractivity contribution in [3.05, 3.63) is 75.8 Å². The lowest BCUT2D eigenvalue weighted by Crippen LogP contribution is -2.64. The van der Waals surface area contributed by atoms with Crippen molar-refractivity contribution >= 4 is 45.9 Å². The summed E-state index contributed by atoms with van der Waals surface area (Å²) < 4.78 is 25.8. The van der Waals surface area contributed by atoms with Gasteiger partial charge in [-0.2, -0.15) is 0 Å². The summed E-state index contributed by atoms with van der Waals surface area (Å²) in [5.41, 5.74) is 3.63. The van der Waals surface area contributed by atoms with Gasteiger partial charge >= 0.3 is 5.97 Å². The molecule has 4 atom stereocenters. The van der Waals surface area contributed by atoms with E-state index in [1.54, 1.807) is 18.3 Å². The lowest BCUT2D eigenvalue weighted by atomic mass is 9.81. The van der Waals surface area contributed by atoms with E-state index >= 15 is 0 Å². The molecule has 8 rings (SSSR count). The monoisotopic (exact) mass is 649 g/mol. The second-order valence-corrected chi connectivity index (χ2v) is 13.1. The third-order valence-electron chi connectivity index (χ3n) is 9.59. The number of carbonyl (C=O) groups is 1. The lowest BCUT2D eigenvalue weighted by molar-refractivity contribution is -0.0717. The van der Waals surface area contributed by atoms with Crippen LogP contribution in [0.3, 0.4) is 0 Å². The van der Waals surface area contributed by atoms with Crippen LogP contribution in [0.2, 0.25) is 10.0 Å². The quantitative estimate of drug-likeness (QED) is 0.230. The molecule has 1 aliphatic carbocycles. The largest absolute Gasteiger partial charge is 0.465 e. The van der Waals surface area contributed by atoms with E-state index in [4.69, 9.17) is 47.1 Å². The average Bonchev–Trinajstić information content (AvgIpc) is 3.53. The zero-order chi connectivity index (χ0) is 30.9. The van der Waals surface area contributed by atoms with E-state index in [0.717, 1.165) is 61.7 Å². The van der Waals surface area contributed by atoms with Crippen LogP contribution in [-0.4, -0.2) is 70.4 Å². The van der Waals surface area contributed by atoms with E-state index < -0.39 is 11.8 Å². The Balaban J connectivity index is 1.06. The molecular formula is C33H33Cl2N5O5. The normalized spacial score (nSPS) is 25.5. The van der Waals surface area contributed by atoms with Crippen LogP contribution in [0.4, 0.5) is 5.69 Å². The molecule has 5 heterocycles. The molecule has 0 N–H and O–H groups in total. The summed E-state index contributed by atoms with van der Waals surface area (Å²) in [5.74, 6) is 0.914. The fourth-order valence-corrected chi connectivity index (χ4v) is 7.38. The van der Waals surface area contributed by atoms with E-state index in [9.17, 15) is 4.79 Å². The Bertz CT molecular complexity index is 1790. The minimum absolute atomic E-state index is 0.117. The van der Waals surface area contributed by atoms with Gasteiger partial charge in [0.2, 0.25) is 0 Å². The molecule has 0 bridgehead atoms. The number of methoxy groups -OCH3 is 1. The average molecular weight is 651 g/mol. The predicted molar refractivity (Wildman–Crippen MR) is 169 cm³/mol. The van der Waals surface area contributed by atoms with Crippen molar-refractivity contribution in [2.24, 2.45) is 0 Å². The minimum Gasteiger partial charge on any atom is -0.465 e. The SMILES string of the molecule is COC(=O)c1cc(Cl)c2nc(CN3CCN(c4cccc5c4OC(C)(c4ccc(Cl)cn4)O5)[C@H]4CC[C@@H]43)n(C[C@@H]3CCO3)c2c1. The fourth-order valence-electron chi connectivity index (χ4n) is 7.01. The summed E-state index contributed by atoms with van der Waals surface area (Å²) in [6, 6.07) is 13.9. The highest BCUT2D eigenvalue weighted by molar-refractivity contribution is 6.35. The summed E-state index contributed by atoms with van der Waals surface area (Å²) in [5, 5.41) is 1.00. The number of ether oxygens (including phenoxy) is 4. The number of benzene rings is 2. The number of carbonyl (C=O) groups excluding carboxylic acids is 1. The molecule has 1 saturated carbocycles. The van der Waals surface area contributed by atoms with Crippen molar-refractivity contribution in [2.45, 2.75) is 63.3 Å². The summed E-state index contributed by atoms with van der Waals surface area (Å²) in [6.45, 7) is 5.67. The zero-order valence-electron chi connectivity index (χ0n) is 25.0. The number of pyridine rings is 1. The molecule has 10 nitrogen and oxygen atoms in total. The number of rotatable bonds is 7. The minimum atomic E-state index is -1.04. The number of para-hydroxylation sites is 1. The Labute approximate surface area is 270 Å². The van der Waals surface area contributed by atoms with Gasteiger partial charge in [-0.15, -0.1) is 0 Å². The van der Waals surface area contributed by atoms with Gasteiger partial charge in [-0.25, -0.2) is 9.78 Å². The van der Waals surface area contributed by atoms with E-state index in [-0.39, 0.29) is 6.10 Å². The van der Waals surface area contributed by atoms with Crippen LogP contribution in [0, 0.1) is 0 Å². The number of hydrogen-bond donors (Lipinski definition) is 0. The van der Waals surface area contributed by atoms with Crippen LogP contribution in [-0.2, 0) is 28.4 Å². The smallest absolute Gasteiger partial charge is 0.337 e. The predicted octanol–water partition coefficient (Wildman–Crippen LogP) is 5.81. The van der Waals surface area contributed by atoms with Gasteiger partial charge < -0.3 is 28.4 Å². The van der Waals surface area contributed by atoms with Gasteiger partial charge in [-0.05, 0) is 55.7 Å². The van der Waals surface area contributed by atoms with Gasteiger partial charge in [0.1, 0.15) is 17.0 Å². The standard InChI is InChI=1S/C33H33Cl2N5O5/c1-33(28-9-6-20(34)16-36-28)44-27-5-3-4-25(31(27)45-33)39-12-11-38(23-7-8-24(23)39)18-29-37-30-22(35)14-19(32(41)42-2)15-26(30)40(29)17-21-10-13-43-21/h3-6,9,14-16,21,23-24H,7-8,10-13,17-18H2,1-2H3/t21-,23-,24-,33?/m0/s1. The Morgan fingerprint density at radius 2 is 1.93 bits per heavy atom. The molecule has 0 radical (unpaired) electrons. The molecule has 2 aromatic heterocycles. The van der Waals surface area contributed by atoms with E-state index in [1.807, 2.05) is 31.2 Å². The first-order valence-corrected chi connectivity index (χ1v) is 16.1. The third kappa shape index (κ3) is 4.90. The number of nitrogens with zero attached hydrogens (tertiary/aromatic N) is 5. The molecule has 234 valence electrons. The summed E-state index contributed by atoms with van der Waals surface area (Å²) in [6.07, 6.45) is 4.90. The fraction of sp³-hybridized carbons (Fsp3) is 0.424. The molecule has 0 amide bonds. The van der Waals surface area contributed by atoms with Crippen molar-refractivity contribution < 1.29 is 23.7 Å². The molecule has 2 aromatic carbocycles. The molecular weight excluding hydrogens is 617 g/mol. The highest BCUT2D eigenvalue weighted by atomic mass is 35.5. The molecule has 3 fully saturated rings. The first kappa shape index (κ1) is 28.9. The number of anilines is 1. The van der Waals surface area contributed by atoms with E-state index in [2.05, 4.69) is 25.4 Å². The van der Waals surface area contributed by atoms with Gasteiger partial charge in [0.25, 0.3) is 5.79 Å². The molecule has 3 aliphatic heterocycles. The van der Waals surface area contributed by atoms with Gasteiger partial charge in [-0.1, -0.05) is 29.3 Å². The maximum atomic E-state index is 12.4. The van der Waals surface area contributed by atoms with Crippen molar-refractivity contribution in [3.8, 4) is 11.5 Å². The number of hydrogen-bond acceptors (Lipinski definition) is 9. The number of imidazole rings is 1. The second-order valence-electron chi connectivity index (χ2n) is 12.2. The highest BCUT2D eigenvalue weighted by Crippen LogP contribution is 2.51. The Hall–Kier alpha value is -3.57. The molecule has 1 unspecified atom stereocenters. The van der Waals surface area contributed by atoms with Crippen LogP contribution < -0.4 is 14.4 Å². The zero-order valence-corrected chi connectivity index (χ0v) is 26.6. The van der Waals surface area contributed by atoms with Gasteiger partial charge in [0.15, 0.2) is 11.5 Å². The maximum absolute atomic E-state index is 12.4. The molecule has 2 saturated heterocycles. The number of esters is 1. The number of aromatic nitrogens is 3. The second kappa shape index (κ2) is 11.0. The van der Waals surface area contributed by atoms with Gasteiger partial charge in [0.05, 0.1) is 53.1 Å². The van der Waals surface area contributed by atoms with Crippen LogP contribution in [0.15, 0.2) is 48.7 Å². The first-order chi connectivity index (χ1) is 21.8. The molecule has 45 heavy (non-hydrogen) atoms. The van der Waals surface area contributed by atoms with Crippen molar-refractivity contribution in [1.82, 2.24) is 19.4 Å². The number of halogens is 2. The maximum Gasteiger partial charge on any atom is 0.337 e. The lowest BCUT2D eigenvalue weighted by Gasteiger charge is -2.54. The summed E-state index contributed by atoms with van der Waals surface area (Å²) in [4.78, 5) is 26.9. The highest BCUT2D eigenvalue weighted by Gasteiger charge is 2.47. The first-order valence-electron chi connectivity index (χ1n) is 15.3. The van der Waals surface area contributed by atoms with Gasteiger partial charge in [0, 0.05) is 44.9 Å². The Morgan fingerprint density at radius 3 is 2.64 bits per heavy atom. The molecule has 12 heteroatoms. The van der Waals surface area contributed by atoms with Crippen molar-refractivity contribution in [3.63, 3.8) is 0 Å². The Kier molecular flexibility index (Phi) is 7.09. The van der Waals surface area contributed by atoms with Crippen LogP contribution in [0.1, 0.15) is 48.1 Å². The van der Waals surface area contributed by atoms with E-state index in [1.165, 1.54) is 7.11 Å². The summed E-state index contributed by atoms with van der Waals surface area (Å²) in [7, 11) is 1.37. The van der Waals surface area contributed by atoms with Crippen LogP contribution >= 0.6 is 23.2 Å². The Morgan fingerprint density at radius 1 is 1.09 bits per heavy atom. The van der Waals surface area contributed by atoms with Crippen molar-refractivity contribution in [2.75, 3.05) is 31.7 Å². The van der Waals surface area contributed by atoms with Crippen molar-refractivity contribution in [1.29, 1.82) is 0 Å². The van der Waals surface area contributed by atoms with Crippen LogP contribution in [0.5, 0.6) is 11.5 Å². The molecule has 4 aromatic rings. The molecule has 4 aliphatic rings. The van der Waals surface area contributed by atoms with Crippen LogP contribution in [0.25, 0.3) is 11.0 Å². The third-order valence-corrected chi connectivity index (χ3v) is 10.1. The summed E-state index contributed by atoms with van der Waals surface area (Å²) >= 11 is 12.8. The molecule has 0 spiro atoms. The number of fused-ring (bicyclic) bond motifs is 3. The topological polar surface area (TPSA) is 91.2 Å². The van der Waals surface area contributed by atoms with Gasteiger partial charge in [-0.3, -0.25) is 9.88 Å². The van der Waals surface area contributed by atoms with E-state index in [0.29, 0.717) is 57.7 Å².